The van der Waals surface area contributed by atoms with Gasteiger partial charge < -0.3 is 15.7 Å². The molecular weight excluding hydrogens is 276 g/mol. The first-order chi connectivity index (χ1) is 10.3. The molecule has 5 nitrogen and oxygen atoms in total. The summed E-state index contributed by atoms with van der Waals surface area (Å²) in [6, 6.07) is 0.190. The van der Waals surface area contributed by atoms with Crippen molar-refractivity contribution in [1.82, 2.24) is 9.97 Å². The molecule has 0 unspecified atom stereocenters. The van der Waals surface area contributed by atoms with Crippen LogP contribution in [0, 0.1) is 18.3 Å². The summed E-state index contributed by atoms with van der Waals surface area (Å²) < 4.78 is 0. The average Bonchev–Trinajstić information content (AvgIpc) is 2.41. The first kappa shape index (κ1) is 16.6. The summed E-state index contributed by atoms with van der Waals surface area (Å²) in [5.74, 6) is 4.19. The molecule has 1 aliphatic carbocycles. The van der Waals surface area contributed by atoms with E-state index in [-0.39, 0.29) is 17.7 Å². The van der Waals surface area contributed by atoms with Gasteiger partial charge in [0.2, 0.25) is 5.95 Å². The van der Waals surface area contributed by atoms with Crippen LogP contribution in [0.1, 0.15) is 52.5 Å². The Balaban J connectivity index is 2.15. The van der Waals surface area contributed by atoms with Crippen LogP contribution in [0.15, 0.2) is 6.20 Å². The summed E-state index contributed by atoms with van der Waals surface area (Å²) in [7, 11) is 0. The number of aromatic nitrogens is 2. The van der Waals surface area contributed by atoms with Crippen molar-refractivity contribution in [3.63, 3.8) is 0 Å². The van der Waals surface area contributed by atoms with Crippen LogP contribution in [0.25, 0.3) is 0 Å². The zero-order valence-electron chi connectivity index (χ0n) is 13.8. The Labute approximate surface area is 133 Å². The van der Waals surface area contributed by atoms with Gasteiger partial charge in [0.15, 0.2) is 0 Å². The lowest BCUT2D eigenvalue weighted by Gasteiger charge is -2.32. The van der Waals surface area contributed by atoms with Crippen LogP contribution in [0.3, 0.4) is 0 Å². The van der Waals surface area contributed by atoms with Gasteiger partial charge in [0, 0.05) is 11.6 Å². The van der Waals surface area contributed by atoms with Gasteiger partial charge in [-0.05, 0) is 46.0 Å². The first-order valence-electron chi connectivity index (χ1n) is 7.85. The molecule has 3 N–H and O–H groups in total. The third-order valence-electron chi connectivity index (χ3n) is 3.93. The van der Waals surface area contributed by atoms with Crippen LogP contribution in [0.4, 0.5) is 11.8 Å². The highest BCUT2D eigenvalue weighted by molar-refractivity contribution is 5.55. The monoisotopic (exact) mass is 302 g/mol. The predicted octanol–water partition coefficient (Wildman–Crippen LogP) is 2.63. The molecule has 0 aliphatic heterocycles. The first-order valence-corrected chi connectivity index (χ1v) is 7.85. The normalized spacial score (nSPS) is 25.4. The van der Waals surface area contributed by atoms with Crippen LogP contribution in [-0.4, -0.2) is 32.8 Å². The predicted molar refractivity (Wildman–Crippen MR) is 89.8 cm³/mol. The van der Waals surface area contributed by atoms with Crippen molar-refractivity contribution < 1.29 is 5.11 Å². The van der Waals surface area contributed by atoms with E-state index in [2.05, 4.69) is 54.2 Å². The van der Waals surface area contributed by atoms with E-state index in [0.717, 1.165) is 19.3 Å². The van der Waals surface area contributed by atoms with Crippen LogP contribution < -0.4 is 10.6 Å². The molecule has 1 saturated carbocycles. The van der Waals surface area contributed by atoms with Crippen molar-refractivity contribution >= 4 is 11.8 Å². The van der Waals surface area contributed by atoms with Crippen molar-refractivity contribution in [3.8, 4) is 12.3 Å². The van der Waals surface area contributed by atoms with Gasteiger partial charge in [0.1, 0.15) is 5.82 Å². The fourth-order valence-electron chi connectivity index (χ4n) is 2.62. The number of nitrogens with one attached hydrogen (secondary N) is 2. The molecule has 0 aromatic carbocycles. The number of aliphatic hydroxyl groups is 1. The Bertz CT molecular complexity index is 559. The van der Waals surface area contributed by atoms with Crippen LogP contribution in [-0.2, 0) is 0 Å². The van der Waals surface area contributed by atoms with Crippen LogP contribution in [0.2, 0.25) is 0 Å². The summed E-state index contributed by atoms with van der Waals surface area (Å²) in [4.78, 5) is 8.77. The molecule has 22 heavy (non-hydrogen) atoms. The molecule has 3 atom stereocenters. The smallest absolute Gasteiger partial charge is 0.225 e. The van der Waals surface area contributed by atoms with E-state index in [9.17, 15) is 5.11 Å². The lowest BCUT2D eigenvalue weighted by atomic mass is 9.85. The molecule has 0 spiro atoms. The number of rotatable bonds is 3. The number of nitrogens with zero attached hydrogens (tertiary/aromatic N) is 2. The maximum absolute atomic E-state index is 10.0. The highest BCUT2D eigenvalue weighted by atomic mass is 16.3. The van der Waals surface area contributed by atoms with Gasteiger partial charge in [0.25, 0.3) is 0 Å². The van der Waals surface area contributed by atoms with E-state index in [1.807, 2.05) is 0 Å². The summed E-state index contributed by atoms with van der Waals surface area (Å²) in [5, 5.41) is 16.7. The number of aliphatic hydroxyl groups excluding tert-OH is 1. The van der Waals surface area contributed by atoms with Gasteiger partial charge in [-0.1, -0.05) is 12.8 Å². The lowest BCUT2D eigenvalue weighted by molar-refractivity contribution is 0.0739. The van der Waals surface area contributed by atoms with Gasteiger partial charge in [-0.2, -0.15) is 4.98 Å². The zero-order chi connectivity index (χ0) is 16.3. The third kappa shape index (κ3) is 4.35. The molecule has 1 aromatic heterocycles. The molecule has 2 rings (SSSR count). The van der Waals surface area contributed by atoms with Crippen LogP contribution in [0.5, 0.6) is 0 Å². The Morgan fingerprint density at radius 3 is 2.68 bits per heavy atom. The van der Waals surface area contributed by atoms with Crippen molar-refractivity contribution in [1.29, 1.82) is 0 Å². The molecular formula is C17H26N4O. The van der Waals surface area contributed by atoms with Gasteiger partial charge in [-0.25, -0.2) is 4.98 Å². The molecule has 0 bridgehead atoms. The molecule has 0 saturated heterocycles. The van der Waals surface area contributed by atoms with Crippen molar-refractivity contribution in [2.75, 3.05) is 10.6 Å². The quantitative estimate of drug-likeness (QED) is 0.749. The standard InChI is InChI=1S/C17H26N4O/c1-6-12-10-18-16(21-17(3,4)5)20-15(12)19-13-8-7-11(2)14(22)9-13/h1,10-11,13-14,22H,7-9H2,2-5H3,(H2,18,19,20,21)/t11-,13-,14-/m1/s1. The Kier molecular flexibility index (Phi) is 4.92. The number of hydrogen-bond donors (Lipinski definition) is 3. The second-order valence-corrected chi connectivity index (χ2v) is 7.17. The molecule has 0 radical (unpaired) electrons. The molecule has 0 amide bonds. The average molecular weight is 302 g/mol. The summed E-state index contributed by atoms with van der Waals surface area (Å²) >= 11 is 0. The second-order valence-electron chi connectivity index (χ2n) is 7.17. The summed E-state index contributed by atoms with van der Waals surface area (Å²) in [6.45, 7) is 8.25. The largest absolute Gasteiger partial charge is 0.393 e. The molecule has 120 valence electrons. The molecule has 1 heterocycles. The summed E-state index contributed by atoms with van der Waals surface area (Å²) in [6.07, 6.45) is 9.66. The minimum atomic E-state index is -0.269. The Morgan fingerprint density at radius 1 is 1.36 bits per heavy atom. The third-order valence-corrected chi connectivity index (χ3v) is 3.93. The molecule has 5 heteroatoms. The second kappa shape index (κ2) is 6.53. The maximum Gasteiger partial charge on any atom is 0.225 e. The SMILES string of the molecule is C#Cc1cnc(NC(C)(C)C)nc1N[C@@H]1CC[C@@H](C)[C@H](O)C1. The van der Waals surface area contributed by atoms with E-state index in [4.69, 9.17) is 6.42 Å². The highest BCUT2D eigenvalue weighted by Crippen LogP contribution is 2.27. The number of hydrogen-bond acceptors (Lipinski definition) is 5. The van der Waals surface area contributed by atoms with Crippen molar-refractivity contribution in [2.45, 2.75) is 64.6 Å². The van der Waals surface area contributed by atoms with E-state index >= 15 is 0 Å². The van der Waals surface area contributed by atoms with E-state index < -0.39 is 0 Å². The molecule has 1 aliphatic rings. The topological polar surface area (TPSA) is 70.1 Å². The lowest BCUT2D eigenvalue weighted by Crippen LogP contribution is -2.35. The molecule has 1 aromatic rings. The van der Waals surface area contributed by atoms with E-state index in [0.29, 0.717) is 23.2 Å². The van der Waals surface area contributed by atoms with Gasteiger partial charge in [0.05, 0.1) is 17.9 Å². The van der Waals surface area contributed by atoms with Crippen molar-refractivity contribution in [3.05, 3.63) is 11.8 Å². The Hall–Kier alpha value is -1.80. The van der Waals surface area contributed by atoms with Gasteiger partial charge in [-0.3, -0.25) is 0 Å². The summed E-state index contributed by atoms with van der Waals surface area (Å²) in [5.41, 5.74) is 0.526. The highest BCUT2D eigenvalue weighted by Gasteiger charge is 2.26. The van der Waals surface area contributed by atoms with Gasteiger partial charge in [-0.15, -0.1) is 6.42 Å². The minimum Gasteiger partial charge on any atom is -0.393 e. The fraction of sp³-hybridized carbons (Fsp3) is 0.647. The van der Waals surface area contributed by atoms with Crippen LogP contribution >= 0.6 is 0 Å². The van der Waals surface area contributed by atoms with E-state index in [1.165, 1.54) is 0 Å². The zero-order valence-corrected chi connectivity index (χ0v) is 13.8. The van der Waals surface area contributed by atoms with E-state index in [1.54, 1.807) is 6.20 Å². The number of anilines is 2. The van der Waals surface area contributed by atoms with Crippen molar-refractivity contribution in [2.24, 2.45) is 5.92 Å². The van der Waals surface area contributed by atoms with Gasteiger partial charge >= 0.3 is 0 Å². The molecule has 1 fully saturated rings. The number of terminal acetylenes is 1. The maximum atomic E-state index is 10.0. The Morgan fingerprint density at radius 2 is 2.09 bits per heavy atom. The fourth-order valence-corrected chi connectivity index (χ4v) is 2.62. The minimum absolute atomic E-state index is 0.120.